The molecule has 2 aromatic heterocycles. The first kappa shape index (κ1) is 23.8. The Morgan fingerprint density at radius 1 is 1.13 bits per heavy atom. The van der Waals surface area contributed by atoms with Gasteiger partial charge in [0.2, 0.25) is 0 Å². The molecule has 4 fully saturated rings. The third-order valence-electron chi connectivity index (χ3n) is 9.96. The molecular formula is C29H43F3N6O. The summed E-state index contributed by atoms with van der Waals surface area (Å²) in [4.78, 5) is 17.5. The molecule has 2 saturated carbocycles. The fraction of sp³-hybridized carbons (Fsp3) is 0.759. The molecule has 7 nitrogen and oxygen atoms in total. The SMILES string of the molecule is [2H]C([2H])([2H])N1CNNC1C1(C2CCCC(n3cc4c(C(F)(F)F)cc(CN5CCC[C@H](C)C5)cn4c3=O)C2)CC(C)C1. The predicted octanol–water partition coefficient (Wildman–Crippen LogP) is 4.82. The average molecular weight is 552 g/mol. The Labute approximate surface area is 232 Å². The first-order valence-corrected chi connectivity index (χ1v) is 14.6. The van der Waals surface area contributed by atoms with E-state index in [-0.39, 0.29) is 35.7 Å². The monoisotopic (exact) mass is 551 g/mol. The predicted molar refractivity (Wildman–Crippen MR) is 145 cm³/mol. The lowest BCUT2D eigenvalue weighted by atomic mass is 9.51. The Morgan fingerprint density at radius 2 is 1.95 bits per heavy atom. The van der Waals surface area contributed by atoms with E-state index in [1.807, 2.05) is 0 Å². The van der Waals surface area contributed by atoms with Crippen molar-refractivity contribution in [1.82, 2.24) is 29.6 Å². The number of aromatic nitrogens is 2. The number of hydrazine groups is 1. The van der Waals surface area contributed by atoms with Gasteiger partial charge in [0.05, 0.1) is 23.9 Å². The van der Waals surface area contributed by atoms with E-state index in [9.17, 15) is 18.0 Å². The number of hydrogen-bond donors (Lipinski definition) is 2. The summed E-state index contributed by atoms with van der Waals surface area (Å²) in [6, 6.07) is 0.974. The fourth-order valence-electron chi connectivity index (χ4n) is 8.33. The fourth-order valence-corrected chi connectivity index (χ4v) is 8.33. The lowest BCUT2D eigenvalue weighted by Crippen LogP contribution is -2.60. The zero-order valence-electron chi connectivity index (χ0n) is 25.9. The van der Waals surface area contributed by atoms with Gasteiger partial charge in [0.15, 0.2) is 0 Å². The minimum Gasteiger partial charge on any atom is -0.299 e. The number of fused-ring (bicyclic) bond motifs is 1. The van der Waals surface area contributed by atoms with Crippen molar-refractivity contribution < 1.29 is 17.3 Å². The normalized spacial score (nSPS) is 36.4. The van der Waals surface area contributed by atoms with Gasteiger partial charge in [-0.1, -0.05) is 20.3 Å². The van der Waals surface area contributed by atoms with Crippen LogP contribution in [0.4, 0.5) is 13.2 Å². The van der Waals surface area contributed by atoms with Gasteiger partial charge in [0, 0.05) is 41.1 Å². The van der Waals surface area contributed by atoms with Gasteiger partial charge >= 0.3 is 11.9 Å². The van der Waals surface area contributed by atoms with E-state index in [0.717, 1.165) is 51.6 Å². The quantitative estimate of drug-likeness (QED) is 0.558. The standard InChI is InChI=1S/C29H43F3N6O/c1-19-6-5-9-36(14-19)15-21-10-24(29(30,31)32)25-17-37(27(39)38(25)16-21)23-8-4-7-22(11-23)28(12-20(2)13-28)26-34-33-18-35(26)3/h10,16-17,19-20,22-23,26,33-34H,4-9,11-15,18H2,1-3H3/t19-,20?,22?,23?,26?,28?/m0/s1/i3D3. The Morgan fingerprint density at radius 3 is 2.67 bits per heavy atom. The molecule has 10 heteroatoms. The van der Waals surface area contributed by atoms with Crippen molar-refractivity contribution in [3.63, 3.8) is 0 Å². The zero-order valence-corrected chi connectivity index (χ0v) is 22.9. The Kier molecular flexibility index (Phi) is 6.22. The van der Waals surface area contributed by atoms with Gasteiger partial charge in [-0.15, -0.1) is 0 Å². The molecule has 2 aromatic rings. The van der Waals surface area contributed by atoms with Gasteiger partial charge in [-0.25, -0.2) is 15.6 Å². The minimum atomic E-state index is -4.59. The number of likely N-dealkylation sites (tertiary alicyclic amines) is 1. The van der Waals surface area contributed by atoms with Crippen LogP contribution >= 0.6 is 0 Å². The lowest BCUT2D eigenvalue weighted by molar-refractivity contribution is -0.136. The van der Waals surface area contributed by atoms with Crippen LogP contribution in [0.3, 0.4) is 0 Å². The Balaban J connectivity index is 1.32. The first-order valence-electron chi connectivity index (χ1n) is 16.1. The smallest absolute Gasteiger partial charge is 0.299 e. The third kappa shape index (κ3) is 4.96. The number of pyridine rings is 1. The molecule has 2 aliphatic heterocycles. The Hall–Kier alpha value is -1.88. The molecule has 216 valence electrons. The molecule has 39 heavy (non-hydrogen) atoms. The maximum absolute atomic E-state index is 14.3. The van der Waals surface area contributed by atoms with E-state index < -0.39 is 24.4 Å². The number of nitrogens with one attached hydrogen (secondary N) is 2. The van der Waals surface area contributed by atoms with Gasteiger partial charge in [-0.3, -0.25) is 18.8 Å². The highest BCUT2D eigenvalue weighted by Gasteiger charge is 2.55. The molecule has 4 aliphatic rings. The van der Waals surface area contributed by atoms with E-state index in [1.165, 1.54) is 26.1 Å². The second-order valence-corrected chi connectivity index (χ2v) is 12.9. The molecular weight excluding hydrogens is 505 g/mol. The minimum absolute atomic E-state index is 0.104. The van der Waals surface area contributed by atoms with Gasteiger partial charge in [0.25, 0.3) is 0 Å². The number of halogens is 3. The van der Waals surface area contributed by atoms with Crippen LogP contribution in [0.5, 0.6) is 0 Å². The second kappa shape index (κ2) is 10.2. The molecule has 0 spiro atoms. The van der Waals surface area contributed by atoms with Crippen molar-refractivity contribution >= 4 is 5.52 Å². The van der Waals surface area contributed by atoms with Crippen molar-refractivity contribution in [2.75, 3.05) is 26.7 Å². The van der Waals surface area contributed by atoms with E-state index in [1.54, 1.807) is 6.20 Å². The molecule has 0 radical (unpaired) electrons. The Bertz CT molecular complexity index is 1350. The summed E-state index contributed by atoms with van der Waals surface area (Å²) >= 11 is 0. The maximum atomic E-state index is 14.3. The van der Waals surface area contributed by atoms with Crippen LogP contribution in [-0.4, -0.2) is 51.7 Å². The van der Waals surface area contributed by atoms with Crippen LogP contribution in [0, 0.1) is 23.2 Å². The molecule has 4 heterocycles. The largest absolute Gasteiger partial charge is 0.418 e. The lowest BCUT2D eigenvalue weighted by Gasteiger charge is -2.57. The van der Waals surface area contributed by atoms with Crippen molar-refractivity contribution in [3.8, 4) is 0 Å². The van der Waals surface area contributed by atoms with Gasteiger partial charge in [0.1, 0.15) is 0 Å². The molecule has 0 bridgehead atoms. The number of piperidine rings is 1. The maximum Gasteiger partial charge on any atom is 0.418 e. The number of alkyl halides is 3. The molecule has 6 rings (SSSR count). The number of imidazole rings is 1. The van der Waals surface area contributed by atoms with Crippen LogP contribution in [0.15, 0.2) is 23.3 Å². The van der Waals surface area contributed by atoms with Gasteiger partial charge in [-0.2, -0.15) is 13.2 Å². The van der Waals surface area contributed by atoms with Crippen molar-refractivity contribution in [1.29, 1.82) is 0 Å². The van der Waals surface area contributed by atoms with Crippen LogP contribution in [0.1, 0.15) is 86.5 Å². The molecule has 0 aromatic carbocycles. The van der Waals surface area contributed by atoms with Crippen LogP contribution in [0.25, 0.3) is 5.52 Å². The zero-order chi connectivity index (χ0) is 30.0. The highest BCUT2D eigenvalue weighted by molar-refractivity contribution is 5.56. The summed E-state index contributed by atoms with van der Waals surface area (Å²) < 4.78 is 70.0. The molecule has 0 amide bonds. The van der Waals surface area contributed by atoms with Crippen molar-refractivity contribution in [2.24, 2.45) is 23.2 Å². The third-order valence-corrected chi connectivity index (χ3v) is 9.96. The average Bonchev–Trinajstić information content (AvgIpc) is 3.52. The van der Waals surface area contributed by atoms with Crippen LogP contribution < -0.4 is 16.5 Å². The van der Waals surface area contributed by atoms with Gasteiger partial charge < -0.3 is 0 Å². The highest BCUT2D eigenvalue weighted by atomic mass is 19.4. The summed E-state index contributed by atoms with van der Waals surface area (Å²) in [6.45, 7) is 4.36. The second-order valence-electron chi connectivity index (χ2n) is 12.9. The number of nitrogens with zero attached hydrogens (tertiary/aromatic N) is 4. The van der Waals surface area contributed by atoms with Crippen LogP contribution in [0.2, 0.25) is 0 Å². The molecule has 2 saturated heterocycles. The number of hydrogen-bond acceptors (Lipinski definition) is 5. The summed E-state index contributed by atoms with van der Waals surface area (Å²) in [6.07, 6.45) is 5.02. The van der Waals surface area contributed by atoms with Crippen LogP contribution in [-0.2, 0) is 12.7 Å². The van der Waals surface area contributed by atoms with E-state index in [4.69, 9.17) is 4.11 Å². The molecule has 2 N–H and O–H groups in total. The summed E-state index contributed by atoms with van der Waals surface area (Å²) in [5.41, 5.74) is 5.18. The first-order chi connectivity index (χ1) is 19.8. The molecule has 2 aliphatic carbocycles. The summed E-state index contributed by atoms with van der Waals surface area (Å²) in [7, 11) is 0. The summed E-state index contributed by atoms with van der Waals surface area (Å²) in [5.74, 6) is 1.10. The molecule has 3 unspecified atom stereocenters. The van der Waals surface area contributed by atoms with E-state index in [2.05, 4.69) is 29.6 Å². The molecule has 4 atom stereocenters. The van der Waals surface area contributed by atoms with Crippen molar-refractivity contribution in [2.45, 2.75) is 90.1 Å². The van der Waals surface area contributed by atoms with Crippen molar-refractivity contribution in [3.05, 3.63) is 40.1 Å². The van der Waals surface area contributed by atoms with E-state index >= 15 is 0 Å². The topological polar surface area (TPSA) is 56.9 Å². The highest BCUT2D eigenvalue weighted by Crippen LogP contribution is 2.58. The number of rotatable bonds is 5. The van der Waals surface area contributed by atoms with E-state index in [0.29, 0.717) is 36.8 Å². The van der Waals surface area contributed by atoms with Gasteiger partial charge in [-0.05, 0) is 87.8 Å². The summed E-state index contributed by atoms with van der Waals surface area (Å²) in [5, 5.41) is 0.